The van der Waals surface area contributed by atoms with Gasteiger partial charge in [-0.3, -0.25) is 0 Å². The molecule has 1 heterocycles. The number of nitrogens with zero attached hydrogens (tertiary/aromatic N) is 1. The zero-order valence-corrected chi connectivity index (χ0v) is 22.1. The summed E-state index contributed by atoms with van der Waals surface area (Å²) in [6.45, 7) is 0. The predicted octanol–water partition coefficient (Wildman–Crippen LogP) is 10.9. The van der Waals surface area contributed by atoms with Gasteiger partial charge in [-0.2, -0.15) is 0 Å². The second-order valence-electron chi connectivity index (χ2n) is 9.57. The summed E-state index contributed by atoms with van der Waals surface area (Å²) >= 11 is 1.84. The Kier molecular flexibility index (Phi) is 6.04. The SMILES string of the molecule is c1ccc(Nc2ccc3sc4ccc(N(c5ccccc5)c5cccc(-c6ccccc6)c5)cc4c3c2)cc1. The summed E-state index contributed by atoms with van der Waals surface area (Å²) in [6.07, 6.45) is 0. The van der Waals surface area contributed by atoms with E-state index >= 15 is 0 Å². The second-order valence-corrected chi connectivity index (χ2v) is 10.7. The summed E-state index contributed by atoms with van der Waals surface area (Å²) in [4.78, 5) is 2.35. The Hall–Kier alpha value is -4.86. The smallest absolute Gasteiger partial charge is 0.0468 e. The maximum atomic E-state index is 3.56. The minimum absolute atomic E-state index is 1.09. The van der Waals surface area contributed by atoms with Crippen LogP contribution in [0.25, 0.3) is 31.3 Å². The van der Waals surface area contributed by atoms with Gasteiger partial charge in [0, 0.05) is 48.6 Å². The van der Waals surface area contributed by atoms with Crippen LogP contribution in [0.5, 0.6) is 0 Å². The van der Waals surface area contributed by atoms with Crippen LogP contribution in [0.1, 0.15) is 0 Å². The molecule has 0 saturated heterocycles. The van der Waals surface area contributed by atoms with E-state index in [1.807, 2.05) is 17.4 Å². The van der Waals surface area contributed by atoms with Crippen molar-refractivity contribution < 1.29 is 0 Å². The third kappa shape index (κ3) is 4.65. The normalized spacial score (nSPS) is 11.1. The van der Waals surface area contributed by atoms with Crippen LogP contribution < -0.4 is 10.2 Å². The fourth-order valence-electron chi connectivity index (χ4n) is 5.15. The van der Waals surface area contributed by atoms with Gasteiger partial charge >= 0.3 is 0 Å². The molecule has 6 aromatic carbocycles. The first-order valence-corrected chi connectivity index (χ1v) is 13.9. The van der Waals surface area contributed by atoms with Crippen LogP contribution in [0, 0.1) is 0 Å². The maximum Gasteiger partial charge on any atom is 0.0468 e. The lowest BCUT2D eigenvalue weighted by molar-refractivity contribution is 1.29. The lowest BCUT2D eigenvalue weighted by Gasteiger charge is -2.26. The molecule has 1 aromatic heterocycles. The number of rotatable bonds is 6. The van der Waals surface area contributed by atoms with Crippen molar-refractivity contribution in [1.82, 2.24) is 0 Å². The first kappa shape index (κ1) is 23.3. The van der Waals surface area contributed by atoms with E-state index in [1.165, 1.54) is 31.3 Å². The molecule has 186 valence electrons. The minimum Gasteiger partial charge on any atom is -0.356 e. The Morgan fingerprint density at radius 3 is 1.77 bits per heavy atom. The van der Waals surface area contributed by atoms with E-state index in [-0.39, 0.29) is 0 Å². The first-order valence-electron chi connectivity index (χ1n) is 13.1. The Morgan fingerprint density at radius 2 is 1.00 bits per heavy atom. The highest BCUT2D eigenvalue weighted by Gasteiger charge is 2.15. The van der Waals surface area contributed by atoms with Gasteiger partial charge in [-0.15, -0.1) is 11.3 Å². The van der Waals surface area contributed by atoms with Crippen molar-refractivity contribution in [3.63, 3.8) is 0 Å². The molecule has 7 aromatic rings. The molecule has 1 N–H and O–H groups in total. The molecule has 2 nitrogen and oxygen atoms in total. The molecule has 7 rings (SSSR count). The standard InChI is InChI=1S/C36H26N2S/c1-4-11-26(12-5-1)27-13-10-18-31(23-27)38(30-16-8-3-9-17-30)32-20-22-36-34(25-32)33-24-29(19-21-35(33)39-36)37-28-14-6-2-7-15-28/h1-25,37H. The van der Waals surface area contributed by atoms with E-state index in [9.17, 15) is 0 Å². The molecular formula is C36H26N2S. The van der Waals surface area contributed by atoms with E-state index in [0.29, 0.717) is 0 Å². The summed E-state index contributed by atoms with van der Waals surface area (Å²) in [5.74, 6) is 0. The quantitative estimate of drug-likeness (QED) is 0.235. The molecule has 0 amide bonds. The van der Waals surface area contributed by atoms with Crippen molar-refractivity contribution in [2.24, 2.45) is 0 Å². The van der Waals surface area contributed by atoms with E-state index < -0.39 is 0 Å². The molecule has 0 aliphatic heterocycles. The highest BCUT2D eigenvalue weighted by atomic mass is 32.1. The predicted molar refractivity (Wildman–Crippen MR) is 169 cm³/mol. The molecule has 3 heteroatoms. The second kappa shape index (κ2) is 10.1. The van der Waals surface area contributed by atoms with E-state index in [1.54, 1.807) is 0 Å². The Labute approximate surface area is 232 Å². The summed E-state index contributed by atoms with van der Waals surface area (Å²) in [7, 11) is 0. The van der Waals surface area contributed by atoms with Crippen LogP contribution in [-0.2, 0) is 0 Å². The van der Waals surface area contributed by atoms with Crippen LogP contribution in [0.4, 0.5) is 28.4 Å². The number of anilines is 5. The Morgan fingerprint density at radius 1 is 0.410 bits per heavy atom. The van der Waals surface area contributed by atoms with Crippen LogP contribution in [0.3, 0.4) is 0 Å². The van der Waals surface area contributed by atoms with Gasteiger partial charge in [0.1, 0.15) is 0 Å². The summed E-state index contributed by atoms with van der Waals surface area (Å²) in [6, 6.07) is 53.8. The lowest BCUT2D eigenvalue weighted by Crippen LogP contribution is -2.09. The Bertz CT molecular complexity index is 1880. The molecule has 0 radical (unpaired) electrons. The van der Waals surface area contributed by atoms with Crippen molar-refractivity contribution in [1.29, 1.82) is 0 Å². The number of thiophene rings is 1. The zero-order chi connectivity index (χ0) is 26.0. The van der Waals surface area contributed by atoms with Gasteiger partial charge in [0.15, 0.2) is 0 Å². The van der Waals surface area contributed by atoms with E-state index in [2.05, 4.69) is 156 Å². The maximum absolute atomic E-state index is 3.56. The molecule has 0 saturated carbocycles. The number of benzene rings is 6. The third-order valence-electron chi connectivity index (χ3n) is 7.00. The summed E-state index contributed by atoms with van der Waals surface area (Å²) < 4.78 is 2.58. The molecule has 0 aliphatic rings. The fraction of sp³-hybridized carbons (Fsp3) is 0. The molecular weight excluding hydrogens is 492 g/mol. The fourth-order valence-corrected chi connectivity index (χ4v) is 6.22. The van der Waals surface area contributed by atoms with Gasteiger partial charge in [-0.1, -0.05) is 78.9 Å². The number of para-hydroxylation sites is 2. The van der Waals surface area contributed by atoms with Gasteiger partial charge in [0.2, 0.25) is 0 Å². The lowest BCUT2D eigenvalue weighted by atomic mass is 10.0. The molecule has 0 spiro atoms. The van der Waals surface area contributed by atoms with Crippen molar-refractivity contribution >= 4 is 59.9 Å². The van der Waals surface area contributed by atoms with Crippen molar-refractivity contribution in [3.8, 4) is 11.1 Å². The van der Waals surface area contributed by atoms with Crippen LogP contribution >= 0.6 is 11.3 Å². The summed E-state index contributed by atoms with van der Waals surface area (Å²) in [5, 5.41) is 6.09. The van der Waals surface area contributed by atoms with Crippen LogP contribution in [-0.4, -0.2) is 0 Å². The average molecular weight is 519 g/mol. The number of hydrogen-bond donors (Lipinski definition) is 1. The Balaban J connectivity index is 1.35. The van der Waals surface area contributed by atoms with Crippen molar-refractivity contribution in [2.75, 3.05) is 10.2 Å². The average Bonchev–Trinajstić information content (AvgIpc) is 3.36. The van der Waals surface area contributed by atoms with Crippen molar-refractivity contribution in [3.05, 3.63) is 152 Å². The summed E-state index contributed by atoms with van der Waals surface area (Å²) in [5.41, 5.74) is 8.00. The molecule has 0 atom stereocenters. The molecule has 0 bridgehead atoms. The van der Waals surface area contributed by atoms with Crippen LogP contribution in [0.15, 0.2) is 152 Å². The van der Waals surface area contributed by atoms with Gasteiger partial charge in [0.05, 0.1) is 0 Å². The van der Waals surface area contributed by atoms with Crippen molar-refractivity contribution in [2.45, 2.75) is 0 Å². The number of hydrogen-bond acceptors (Lipinski definition) is 3. The molecule has 0 fully saturated rings. The third-order valence-corrected chi connectivity index (χ3v) is 8.15. The highest BCUT2D eigenvalue weighted by Crippen LogP contribution is 2.42. The van der Waals surface area contributed by atoms with E-state index in [0.717, 1.165) is 28.4 Å². The van der Waals surface area contributed by atoms with Gasteiger partial charge < -0.3 is 10.2 Å². The van der Waals surface area contributed by atoms with E-state index in [4.69, 9.17) is 0 Å². The topological polar surface area (TPSA) is 15.3 Å². The highest BCUT2D eigenvalue weighted by molar-refractivity contribution is 7.25. The minimum atomic E-state index is 1.09. The van der Waals surface area contributed by atoms with Gasteiger partial charge in [-0.25, -0.2) is 0 Å². The first-order chi connectivity index (χ1) is 19.3. The zero-order valence-electron chi connectivity index (χ0n) is 21.3. The van der Waals surface area contributed by atoms with Crippen LogP contribution in [0.2, 0.25) is 0 Å². The largest absolute Gasteiger partial charge is 0.356 e. The van der Waals surface area contributed by atoms with Gasteiger partial charge in [0.25, 0.3) is 0 Å². The monoisotopic (exact) mass is 518 g/mol. The number of fused-ring (bicyclic) bond motifs is 3. The van der Waals surface area contributed by atoms with Gasteiger partial charge in [-0.05, 0) is 83.9 Å². The molecule has 0 aliphatic carbocycles. The molecule has 0 unspecified atom stereocenters. The number of nitrogens with one attached hydrogen (secondary N) is 1. The molecule has 39 heavy (non-hydrogen) atoms.